The summed E-state index contributed by atoms with van der Waals surface area (Å²) in [4.78, 5) is 15.2. The van der Waals surface area contributed by atoms with E-state index >= 15 is 0 Å². The summed E-state index contributed by atoms with van der Waals surface area (Å²) in [6.45, 7) is 0. The first-order valence-electron chi connectivity index (χ1n) is 16.7. The van der Waals surface area contributed by atoms with Gasteiger partial charge in [-0.25, -0.2) is 15.0 Å². The van der Waals surface area contributed by atoms with Crippen molar-refractivity contribution in [3.8, 4) is 51.0 Å². The smallest absolute Gasteiger partial charge is 0.165 e. The summed E-state index contributed by atoms with van der Waals surface area (Å²) in [6.07, 6.45) is 0. The Morgan fingerprint density at radius 1 is 0.380 bits per heavy atom. The molecule has 0 aliphatic rings. The molecule has 0 aliphatic heterocycles. The Bertz CT molecular complexity index is 2800. The first-order chi connectivity index (χ1) is 24.8. The predicted molar refractivity (Wildman–Crippen MR) is 209 cm³/mol. The number of fused-ring (bicyclic) bond motifs is 6. The molecular weight excluding hydrogens is 629 g/mol. The van der Waals surface area contributed by atoms with E-state index in [1.807, 2.05) is 36.4 Å². The van der Waals surface area contributed by atoms with Gasteiger partial charge in [0.25, 0.3) is 0 Å². The molecule has 7 aromatic carbocycles. The van der Waals surface area contributed by atoms with Crippen molar-refractivity contribution in [2.75, 3.05) is 0 Å². The number of rotatable bonds is 5. The van der Waals surface area contributed by atoms with Crippen LogP contribution in [-0.4, -0.2) is 19.5 Å². The minimum atomic E-state index is 0.659. The number of hydrogen-bond acceptors (Lipinski definition) is 4. The summed E-state index contributed by atoms with van der Waals surface area (Å²) in [5.41, 5.74) is 8.84. The lowest BCUT2D eigenvalue weighted by Gasteiger charge is -2.12. The zero-order valence-electron chi connectivity index (χ0n) is 26.9. The zero-order chi connectivity index (χ0) is 33.0. The second-order valence-electron chi connectivity index (χ2n) is 12.4. The van der Waals surface area contributed by atoms with Crippen LogP contribution in [0.15, 0.2) is 170 Å². The van der Waals surface area contributed by atoms with E-state index in [0.717, 1.165) is 27.1 Å². The van der Waals surface area contributed by atoms with E-state index in [9.17, 15) is 0 Å². The maximum Gasteiger partial charge on any atom is 0.165 e. The standard InChI is InChI=1S/C45H28N4S/c1-4-15-29(16-5-1)43-46-44(30-17-6-2-7-18-30)48-45(47-43)36-28-27-33(41-35-22-11-13-26-39(35)50-42(36)41)32-23-14-25-38-40(32)34-21-10-12-24-37(34)49(38)31-19-8-3-9-20-31/h1-28H. The molecule has 10 aromatic rings. The fraction of sp³-hybridized carbons (Fsp3) is 0. The SMILES string of the molecule is c1ccc(-c2nc(-c3ccccc3)nc(-c3ccc(-c4cccc5c4c4ccccc4n5-c4ccccc4)c4c3sc3ccccc34)n2)cc1. The van der Waals surface area contributed by atoms with Crippen LogP contribution >= 0.6 is 11.3 Å². The molecule has 0 amide bonds. The van der Waals surface area contributed by atoms with E-state index in [2.05, 4.69) is 138 Å². The predicted octanol–water partition coefficient (Wildman–Crippen LogP) is 12.0. The topological polar surface area (TPSA) is 43.6 Å². The van der Waals surface area contributed by atoms with Crippen molar-refractivity contribution in [1.82, 2.24) is 19.5 Å². The number of thiophene rings is 1. The van der Waals surface area contributed by atoms with Gasteiger partial charge in [0.15, 0.2) is 17.5 Å². The van der Waals surface area contributed by atoms with Crippen LogP contribution in [0.25, 0.3) is 93.0 Å². The molecule has 50 heavy (non-hydrogen) atoms. The Labute approximate surface area is 292 Å². The van der Waals surface area contributed by atoms with Gasteiger partial charge < -0.3 is 4.57 Å². The maximum absolute atomic E-state index is 5.13. The third kappa shape index (κ3) is 4.55. The molecule has 0 N–H and O–H groups in total. The van der Waals surface area contributed by atoms with Gasteiger partial charge in [0, 0.05) is 53.3 Å². The summed E-state index contributed by atoms with van der Waals surface area (Å²) >= 11 is 1.80. The molecule has 0 unspecified atom stereocenters. The monoisotopic (exact) mass is 656 g/mol. The van der Waals surface area contributed by atoms with E-state index in [0.29, 0.717) is 17.5 Å². The lowest BCUT2D eigenvalue weighted by atomic mass is 9.94. The number of nitrogens with zero attached hydrogens (tertiary/aromatic N) is 4. The molecule has 0 radical (unpaired) electrons. The first-order valence-corrected chi connectivity index (χ1v) is 17.5. The van der Waals surface area contributed by atoms with Crippen LogP contribution in [-0.2, 0) is 0 Å². The molecule has 0 aliphatic carbocycles. The summed E-state index contributed by atoms with van der Waals surface area (Å²) in [6, 6.07) is 59.6. The third-order valence-electron chi connectivity index (χ3n) is 9.47. The molecule has 3 aromatic heterocycles. The van der Waals surface area contributed by atoms with E-state index < -0.39 is 0 Å². The second-order valence-corrected chi connectivity index (χ2v) is 13.4. The Morgan fingerprint density at radius 2 is 0.920 bits per heavy atom. The van der Waals surface area contributed by atoms with Gasteiger partial charge in [0.1, 0.15) is 0 Å². The molecule has 0 saturated carbocycles. The highest BCUT2D eigenvalue weighted by Crippen LogP contribution is 2.47. The van der Waals surface area contributed by atoms with Gasteiger partial charge in [-0.1, -0.05) is 133 Å². The van der Waals surface area contributed by atoms with Gasteiger partial charge in [-0.05, 0) is 47.5 Å². The highest BCUT2D eigenvalue weighted by atomic mass is 32.1. The van der Waals surface area contributed by atoms with E-state index in [1.165, 1.54) is 48.4 Å². The Kier molecular flexibility index (Phi) is 6.64. The van der Waals surface area contributed by atoms with Crippen molar-refractivity contribution < 1.29 is 0 Å². The van der Waals surface area contributed by atoms with Crippen molar-refractivity contribution in [1.29, 1.82) is 0 Å². The molecule has 10 rings (SSSR count). The van der Waals surface area contributed by atoms with E-state index in [-0.39, 0.29) is 0 Å². The molecule has 4 nitrogen and oxygen atoms in total. The number of aromatic nitrogens is 4. The van der Waals surface area contributed by atoms with Crippen LogP contribution in [0.1, 0.15) is 0 Å². The van der Waals surface area contributed by atoms with Crippen molar-refractivity contribution >= 4 is 53.3 Å². The molecule has 0 spiro atoms. The molecule has 3 heterocycles. The van der Waals surface area contributed by atoms with Crippen molar-refractivity contribution in [2.45, 2.75) is 0 Å². The van der Waals surface area contributed by atoms with Crippen LogP contribution < -0.4 is 0 Å². The van der Waals surface area contributed by atoms with Crippen LogP contribution in [0, 0.1) is 0 Å². The van der Waals surface area contributed by atoms with Crippen molar-refractivity contribution in [3.05, 3.63) is 170 Å². The summed E-state index contributed by atoms with van der Waals surface area (Å²) in [5, 5.41) is 4.93. The minimum Gasteiger partial charge on any atom is -0.309 e. The van der Waals surface area contributed by atoms with Crippen molar-refractivity contribution in [2.24, 2.45) is 0 Å². The van der Waals surface area contributed by atoms with Crippen LogP contribution in [0.2, 0.25) is 0 Å². The Morgan fingerprint density at radius 3 is 1.64 bits per heavy atom. The molecular formula is C45H28N4S. The highest BCUT2D eigenvalue weighted by molar-refractivity contribution is 7.26. The molecule has 0 bridgehead atoms. The lowest BCUT2D eigenvalue weighted by molar-refractivity contribution is 1.08. The summed E-state index contributed by atoms with van der Waals surface area (Å²) < 4.78 is 4.78. The first kappa shape index (κ1) is 28.6. The van der Waals surface area contributed by atoms with Gasteiger partial charge >= 0.3 is 0 Å². The zero-order valence-corrected chi connectivity index (χ0v) is 27.7. The fourth-order valence-electron chi connectivity index (χ4n) is 7.26. The average molecular weight is 657 g/mol. The molecule has 234 valence electrons. The minimum absolute atomic E-state index is 0.659. The van der Waals surface area contributed by atoms with Gasteiger partial charge in [-0.15, -0.1) is 11.3 Å². The molecule has 0 saturated heterocycles. The third-order valence-corrected chi connectivity index (χ3v) is 10.7. The summed E-state index contributed by atoms with van der Waals surface area (Å²) in [5.74, 6) is 1.98. The maximum atomic E-state index is 5.13. The van der Waals surface area contributed by atoms with Crippen molar-refractivity contribution in [3.63, 3.8) is 0 Å². The number of para-hydroxylation sites is 2. The Balaban J connectivity index is 1.27. The number of benzene rings is 7. The number of hydrogen-bond donors (Lipinski definition) is 0. The van der Waals surface area contributed by atoms with E-state index in [1.54, 1.807) is 11.3 Å². The van der Waals surface area contributed by atoms with Crippen LogP contribution in [0.5, 0.6) is 0 Å². The average Bonchev–Trinajstić information content (AvgIpc) is 3.75. The van der Waals surface area contributed by atoms with Gasteiger partial charge in [0.2, 0.25) is 0 Å². The highest BCUT2D eigenvalue weighted by Gasteiger charge is 2.22. The van der Waals surface area contributed by atoms with Gasteiger partial charge in [-0.2, -0.15) is 0 Å². The largest absolute Gasteiger partial charge is 0.309 e. The van der Waals surface area contributed by atoms with Gasteiger partial charge in [-0.3, -0.25) is 0 Å². The Hall–Kier alpha value is -6.43. The lowest BCUT2D eigenvalue weighted by Crippen LogP contribution is -2.00. The van der Waals surface area contributed by atoms with Crippen LogP contribution in [0.4, 0.5) is 0 Å². The van der Waals surface area contributed by atoms with Gasteiger partial charge in [0.05, 0.1) is 11.0 Å². The van der Waals surface area contributed by atoms with E-state index in [4.69, 9.17) is 15.0 Å². The quantitative estimate of drug-likeness (QED) is 0.185. The second kappa shape index (κ2) is 11.6. The summed E-state index contributed by atoms with van der Waals surface area (Å²) in [7, 11) is 0. The molecule has 0 atom stereocenters. The molecule has 0 fully saturated rings. The molecule has 5 heteroatoms. The fourth-order valence-corrected chi connectivity index (χ4v) is 8.49. The van der Waals surface area contributed by atoms with Crippen LogP contribution in [0.3, 0.4) is 0 Å². The normalized spacial score (nSPS) is 11.6.